The highest BCUT2D eigenvalue weighted by molar-refractivity contribution is 7.10. The monoisotopic (exact) mass is 316 g/mol. The number of anilines is 1. The quantitative estimate of drug-likeness (QED) is 0.857. The van der Waals surface area contributed by atoms with Crippen molar-refractivity contribution in [2.45, 2.75) is 32.7 Å². The Morgan fingerprint density at radius 1 is 1.18 bits per heavy atom. The number of amides is 2. The molecular weight excluding hydrogens is 296 g/mol. The van der Waals surface area contributed by atoms with Gasteiger partial charge in [0.15, 0.2) is 0 Å². The van der Waals surface area contributed by atoms with Crippen molar-refractivity contribution in [1.82, 2.24) is 5.32 Å². The van der Waals surface area contributed by atoms with Crippen molar-refractivity contribution < 1.29 is 9.59 Å². The van der Waals surface area contributed by atoms with Crippen molar-refractivity contribution in [2.24, 2.45) is 0 Å². The van der Waals surface area contributed by atoms with E-state index in [0.717, 1.165) is 11.3 Å². The number of benzene rings is 1. The third kappa shape index (κ3) is 4.43. The summed E-state index contributed by atoms with van der Waals surface area (Å²) in [6, 6.07) is 11.0. The molecule has 0 aliphatic heterocycles. The van der Waals surface area contributed by atoms with Gasteiger partial charge < -0.3 is 10.6 Å². The predicted molar refractivity (Wildman–Crippen MR) is 90.3 cm³/mol. The lowest BCUT2D eigenvalue weighted by Crippen LogP contribution is -2.32. The lowest BCUT2D eigenvalue weighted by molar-refractivity contribution is -0.115. The van der Waals surface area contributed by atoms with E-state index in [1.165, 1.54) is 0 Å². The van der Waals surface area contributed by atoms with Crippen LogP contribution in [0.4, 0.5) is 5.69 Å². The van der Waals surface area contributed by atoms with Gasteiger partial charge in [-0.15, -0.1) is 11.3 Å². The van der Waals surface area contributed by atoms with Gasteiger partial charge in [0.05, 0.1) is 17.7 Å². The van der Waals surface area contributed by atoms with Gasteiger partial charge in [0.25, 0.3) is 5.91 Å². The van der Waals surface area contributed by atoms with E-state index in [2.05, 4.69) is 10.6 Å². The molecule has 2 rings (SSSR count). The second-order valence-electron chi connectivity index (χ2n) is 5.13. The summed E-state index contributed by atoms with van der Waals surface area (Å²) >= 11 is 1.54. The number of hydrogen-bond acceptors (Lipinski definition) is 3. The van der Waals surface area contributed by atoms with Gasteiger partial charge in [-0.25, -0.2) is 0 Å². The first-order chi connectivity index (χ1) is 10.6. The van der Waals surface area contributed by atoms with Crippen molar-refractivity contribution in [3.63, 3.8) is 0 Å². The normalized spacial score (nSPS) is 11.7. The summed E-state index contributed by atoms with van der Waals surface area (Å²) < 4.78 is 0. The predicted octanol–water partition coefficient (Wildman–Crippen LogP) is 3.46. The first-order valence-electron chi connectivity index (χ1n) is 7.32. The molecule has 1 atom stereocenters. The average Bonchev–Trinajstić information content (AvgIpc) is 3.00. The third-order valence-corrected chi connectivity index (χ3v) is 4.23. The Hall–Kier alpha value is -2.14. The van der Waals surface area contributed by atoms with E-state index >= 15 is 0 Å². The molecule has 0 unspecified atom stereocenters. The topological polar surface area (TPSA) is 58.2 Å². The molecule has 0 saturated carbocycles. The number of para-hydroxylation sites is 1. The van der Waals surface area contributed by atoms with E-state index in [1.54, 1.807) is 35.6 Å². The van der Waals surface area contributed by atoms with Crippen LogP contribution in [-0.4, -0.2) is 17.9 Å². The highest BCUT2D eigenvalue weighted by atomic mass is 32.1. The summed E-state index contributed by atoms with van der Waals surface area (Å²) in [5, 5.41) is 7.69. The zero-order chi connectivity index (χ0) is 15.9. The Morgan fingerprint density at radius 3 is 2.64 bits per heavy atom. The molecule has 0 radical (unpaired) electrons. The van der Waals surface area contributed by atoms with Gasteiger partial charge in [0.1, 0.15) is 0 Å². The number of rotatable bonds is 6. The number of thiophene rings is 1. The van der Waals surface area contributed by atoms with Crippen LogP contribution in [0.25, 0.3) is 0 Å². The van der Waals surface area contributed by atoms with Crippen LogP contribution < -0.4 is 10.6 Å². The molecule has 0 saturated heterocycles. The van der Waals surface area contributed by atoms with Crippen molar-refractivity contribution in [2.75, 3.05) is 5.32 Å². The minimum atomic E-state index is -0.165. The van der Waals surface area contributed by atoms with E-state index in [4.69, 9.17) is 0 Å². The summed E-state index contributed by atoms with van der Waals surface area (Å²) in [5.74, 6) is -0.285. The molecule has 2 aromatic rings. The van der Waals surface area contributed by atoms with Crippen molar-refractivity contribution in [1.29, 1.82) is 0 Å². The molecule has 0 aliphatic rings. The Morgan fingerprint density at radius 2 is 1.95 bits per heavy atom. The average molecular weight is 316 g/mol. The first kappa shape index (κ1) is 16.2. The Bertz CT molecular complexity index is 638. The van der Waals surface area contributed by atoms with Crippen LogP contribution in [0.2, 0.25) is 0 Å². The van der Waals surface area contributed by atoms with Crippen LogP contribution in [0, 0.1) is 0 Å². The summed E-state index contributed by atoms with van der Waals surface area (Å²) in [6.45, 7) is 3.97. The fourth-order valence-corrected chi connectivity index (χ4v) is 2.66. The van der Waals surface area contributed by atoms with E-state index in [1.807, 2.05) is 31.4 Å². The SMILES string of the molecule is CC[C@H](C)NC(=O)c1ccccc1NC(=O)Cc1cccs1. The standard InChI is InChI=1S/C17H20N2O2S/c1-3-12(2)18-17(21)14-8-4-5-9-15(14)19-16(20)11-13-7-6-10-22-13/h4-10,12H,3,11H2,1-2H3,(H,18,21)(H,19,20)/t12-/m0/s1. The minimum Gasteiger partial charge on any atom is -0.350 e. The van der Waals surface area contributed by atoms with E-state index in [-0.39, 0.29) is 17.9 Å². The van der Waals surface area contributed by atoms with Crippen LogP contribution in [0.1, 0.15) is 35.5 Å². The third-order valence-electron chi connectivity index (χ3n) is 3.35. The van der Waals surface area contributed by atoms with Crippen LogP contribution in [0.5, 0.6) is 0 Å². The molecule has 116 valence electrons. The molecule has 4 nitrogen and oxygen atoms in total. The van der Waals surface area contributed by atoms with Crippen molar-refractivity contribution in [3.8, 4) is 0 Å². The highest BCUT2D eigenvalue weighted by Gasteiger charge is 2.14. The number of nitrogens with one attached hydrogen (secondary N) is 2. The van der Waals surface area contributed by atoms with Gasteiger partial charge in [-0.3, -0.25) is 9.59 Å². The molecule has 2 amide bonds. The van der Waals surface area contributed by atoms with E-state index < -0.39 is 0 Å². The lowest BCUT2D eigenvalue weighted by Gasteiger charge is -2.14. The van der Waals surface area contributed by atoms with Gasteiger partial charge in [-0.05, 0) is 36.9 Å². The molecule has 0 bridgehead atoms. The lowest BCUT2D eigenvalue weighted by atomic mass is 10.1. The fraction of sp³-hybridized carbons (Fsp3) is 0.294. The summed E-state index contributed by atoms with van der Waals surface area (Å²) in [6.07, 6.45) is 1.18. The minimum absolute atomic E-state index is 0.0994. The Balaban J connectivity index is 2.07. The van der Waals surface area contributed by atoms with Crippen LogP contribution in [0.3, 0.4) is 0 Å². The van der Waals surface area contributed by atoms with Crippen molar-refractivity contribution >= 4 is 28.8 Å². The second-order valence-corrected chi connectivity index (χ2v) is 6.16. The van der Waals surface area contributed by atoms with Crippen molar-refractivity contribution in [3.05, 3.63) is 52.2 Å². The molecule has 5 heteroatoms. The molecule has 1 aromatic heterocycles. The van der Waals surface area contributed by atoms with Gasteiger partial charge in [-0.2, -0.15) is 0 Å². The number of carbonyl (C=O) groups excluding carboxylic acids is 2. The molecule has 1 heterocycles. The van der Waals surface area contributed by atoms with Gasteiger partial charge in [0.2, 0.25) is 5.91 Å². The highest BCUT2D eigenvalue weighted by Crippen LogP contribution is 2.17. The molecule has 2 N–H and O–H groups in total. The Labute approximate surface area is 134 Å². The largest absolute Gasteiger partial charge is 0.350 e. The molecule has 22 heavy (non-hydrogen) atoms. The smallest absolute Gasteiger partial charge is 0.253 e. The molecule has 0 aliphatic carbocycles. The van der Waals surface area contributed by atoms with Gasteiger partial charge >= 0.3 is 0 Å². The zero-order valence-corrected chi connectivity index (χ0v) is 13.6. The van der Waals surface area contributed by atoms with Crippen LogP contribution in [0.15, 0.2) is 41.8 Å². The molecular formula is C17H20N2O2S. The maximum absolute atomic E-state index is 12.3. The van der Waals surface area contributed by atoms with E-state index in [0.29, 0.717) is 17.7 Å². The second kappa shape index (κ2) is 7.75. The zero-order valence-electron chi connectivity index (χ0n) is 12.8. The Kier molecular flexibility index (Phi) is 5.72. The van der Waals surface area contributed by atoms with Gasteiger partial charge in [-0.1, -0.05) is 25.1 Å². The maximum Gasteiger partial charge on any atom is 0.253 e. The molecule has 1 aromatic carbocycles. The summed E-state index contributed by atoms with van der Waals surface area (Å²) in [4.78, 5) is 25.4. The number of hydrogen-bond donors (Lipinski definition) is 2. The van der Waals surface area contributed by atoms with Crippen LogP contribution >= 0.6 is 11.3 Å². The fourth-order valence-electron chi connectivity index (χ4n) is 1.96. The van der Waals surface area contributed by atoms with Gasteiger partial charge in [0, 0.05) is 10.9 Å². The molecule has 0 fully saturated rings. The summed E-state index contributed by atoms with van der Waals surface area (Å²) in [5.41, 5.74) is 1.03. The number of carbonyl (C=O) groups is 2. The maximum atomic E-state index is 12.3. The molecule has 0 spiro atoms. The first-order valence-corrected chi connectivity index (χ1v) is 8.20. The van der Waals surface area contributed by atoms with Crippen LogP contribution in [-0.2, 0) is 11.2 Å². The van der Waals surface area contributed by atoms with E-state index in [9.17, 15) is 9.59 Å². The summed E-state index contributed by atoms with van der Waals surface area (Å²) in [7, 11) is 0.